The van der Waals surface area contributed by atoms with E-state index < -0.39 is 10.0 Å². The Labute approximate surface area is 165 Å². The monoisotopic (exact) mass is 458 g/mol. The van der Waals surface area contributed by atoms with Crippen molar-refractivity contribution in [2.75, 3.05) is 31.0 Å². The average molecular weight is 460 g/mol. The smallest absolute Gasteiger partial charge is 0.263 e. The van der Waals surface area contributed by atoms with Crippen LogP contribution in [0.3, 0.4) is 0 Å². The third-order valence-corrected chi connectivity index (χ3v) is 6.23. The molecule has 0 unspecified atom stereocenters. The summed E-state index contributed by atoms with van der Waals surface area (Å²) >= 11 is 9.31. The Morgan fingerprint density at radius 3 is 2.54 bits per heavy atom. The van der Waals surface area contributed by atoms with Gasteiger partial charge in [0.2, 0.25) is 0 Å². The van der Waals surface area contributed by atoms with Gasteiger partial charge in [0.1, 0.15) is 4.90 Å². The molecule has 0 atom stereocenters. The first kappa shape index (κ1) is 19.2. The summed E-state index contributed by atoms with van der Waals surface area (Å²) < 4.78 is 33.9. The number of benzene rings is 2. The minimum Gasteiger partial charge on any atom is -0.378 e. The normalized spacial score (nSPS) is 14.9. The van der Waals surface area contributed by atoms with Crippen molar-refractivity contribution < 1.29 is 17.9 Å². The molecule has 3 rings (SSSR count). The lowest BCUT2D eigenvalue weighted by molar-refractivity contribution is 0.0303. The van der Waals surface area contributed by atoms with Crippen LogP contribution in [0.4, 0.5) is 5.69 Å². The van der Waals surface area contributed by atoms with Crippen molar-refractivity contribution in [1.29, 1.82) is 0 Å². The fourth-order valence-electron chi connectivity index (χ4n) is 2.59. The van der Waals surface area contributed by atoms with Gasteiger partial charge in [0.15, 0.2) is 0 Å². The first-order valence-corrected chi connectivity index (χ1v) is 10.5. The summed E-state index contributed by atoms with van der Waals surface area (Å²) in [6.07, 6.45) is 0. The number of sulfonamides is 1. The van der Waals surface area contributed by atoms with Gasteiger partial charge in [0.25, 0.3) is 15.9 Å². The van der Waals surface area contributed by atoms with Gasteiger partial charge in [-0.15, -0.1) is 0 Å². The second-order valence-corrected chi connectivity index (χ2v) is 8.60. The van der Waals surface area contributed by atoms with Crippen molar-refractivity contribution in [1.82, 2.24) is 4.90 Å². The number of nitrogens with zero attached hydrogens (tertiary/aromatic N) is 1. The van der Waals surface area contributed by atoms with Gasteiger partial charge in [-0.3, -0.25) is 9.52 Å². The molecule has 0 spiro atoms. The number of carbonyl (C=O) groups excluding carboxylic acids is 1. The standard InChI is InChI=1S/C17H16BrClN2O4S/c18-12-5-6-16(14(19)11-12)26(23,24)20-15-4-2-1-3-13(15)17(22)21-7-9-25-10-8-21/h1-6,11,20H,7-10H2. The Bertz CT molecular complexity index is 930. The van der Waals surface area contributed by atoms with Crippen LogP contribution < -0.4 is 4.72 Å². The first-order valence-electron chi connectivity index (χ1n) is 7.82. The van der Waals surface area contributed by atoms with Gasteiger partial charge in [0.05, 0.1) is 29.5 Å². The van der Waals surface area contributed by atoms with Gasteiger partial charge in [-0.2, -0.15) is 0 Å². The highest BCUT2D eigenvalue weighted by atomic mass is 79.9. The Morgan fingerprint density at radius 2 is 1.85 bits per heavy atom. The molecule has 1 fully saturated rings. The maximum absolute atomic E-state index is 12.8. The SMILES string of the molecule is O=C(c1ccccc1NS(=O)(=O)c1ccc(Br)cc1Cl)N1CCOCC1. The van der Waals surface area contributed by atoms with E-state index in [4.69, 9.17) is 16.3 Å². The fourth-order valence-corrected chi connectivity index (χ4v) is 4.71. The van der Waals surface area contributed by atoms with Crippen molar-refractivity contribution in [3.8, 4) is 0 Å². The summed E-state index contributed by atoms with van der Waals surface area (Å²) in [5.74, 6) is -0.242. The minimum atomic E-state index is -3.95. The molecule has 1 aliphatic heterocycles. The number of amides is 1. The van der Waals surface area contributed by atoms with Crippen molar-refractivity contribution in [3.63, 3.8) is 0 Å². The summed E-state index contributed by atoms with van der Waals surface area (Å²) in [6, 6.07) is 11.0. The van der Waals surface area contributed by atoms with Crippen LogP contribution in [0.25, 0.3) is 0 Å². The highest BCUT2D eigenvalue weighted by molar-refractivity contribution is 9.10. The molecule has 138 valence electrons. The summed E-state index contributed by atoms with van der Waals surface area (Å²) in [5, 5.41) is 0.0869. The molecule has 0 aliphatic carbocycles. The fraction of sp³-hybridized carbons (Fsp3) is 0.235. The Morgan fingerprint density at radius 1 is 1.15 bits per heavy atom. The zero-order valence-electron chi connectivity index (χ0n) is 13.6. The average Bonchev–Trinajstić information content (AvgIpc) is 2.61. The maximum atomic E-state index is 12.8. The molecule has 1 saturated heterocycles. The van der Waals surface area contributed by atoms with E-state index in [1.165, 1.54) is 12.1 Å². The molecule has 6 nitrogen and oxygen atoms in total. The van der Waals surface area contributed by atoms with E-state index in [2.05, 4.69) is 20.7 Å². The number of halogens is 2. The number of nitrogens with one attached hydrogen (secondary N) is 1. The summed E-state index contributed by atoms with van der Waals surface area (Å²) in [4.78, 5) is 14.3. The largest absolute Gasteiger partial charge is 0.378 e. The van der Waals surface area contributed by atoms with Gasteiger partial charge < -0.3 is 9.64 Å². The lowest BCUT2D eigenvalue weighted by Crippen LogP contribution is -2.41. The number of rotatable bonds is 4. The van der Waals surface area contributed by atoms with Crippen LogP contribution in [0.15, 0.2) is 51.8 Å². The molecule has 0 bridgehead atoms. The molecule has 2 aromatic rings. The highest BCUT2D eigenvalue weighted by Crippen LogP contribution is 2.28. The maximum Gasteiger partial charge on any atom is 0.263 e. The van der Waals surface area contributed by atoms with Crippen LogP contribution in [-0.4, -0.2) is 45.5 Å². The molecule has 1 amide bonds. The van der Waals surface area contributed by atoms with E-state index in [9.17, 15) is 13.2 Å². The predicted molar refractivity (Wildman–Crippen MR) is 103 cm³/mol. The number of morpholine rings is 1. The van der Waals surface area contributed by atoms with E-state index >= 15 is 0 Å². The number of hydrogen-bond donors (Lipinski definition) is 1. The second-order valence-electron chi connectivity index (χ2n) is 5.63. The van der Waals surface area contributed by atoms with E-state index in [0.717, 1.165) is 0 Å². The quantitative estimate of drug-likeness (QED) is 0.760. The molecule has 1 aliphatic rings. The van der Waals surface area contributed by atoms with Crippen molar-refractivity contribution in [2.45, 2.75) is 4.90 Å². The number of ether oxygens (including phenoxy) is 1. The van der Waals surface area contributed by atoms with E-state index in [1.807, 2.05) is 0 Å². The molecule has 0 saturated carbocycles. The second kappa shape index (κ2) is 7.96. The van der Waals surface area contributed by atoms with E-state index in [-0.39, 0.29) is 27.1 Å². The number of carbonyl (C=O) groups is 1. The Balaban J connectivity index is 1.91. The lowest BCUT2D eigenvalue weighted by atomic mass is 10.1. The molecule has 1 N–H and O–H groups in total. The lowest BCUT2D eigenvalue weighted by Gasteiger charge is -2.27. The Kier molecular flexibility index (Phi) is 5.86. The number of anilines is 1. The first-order chi connectivity index (χ1) is 12.4. The predicted octanol–water partition coefficient (Wildman–Crippen LogP) is 3.38. The molecule has 1 heterocycles. The van der Waals surface area contributed by atoms with Crippen LogP contribution in [0.5, 0.6) is 0 Å². The Hall–Kier alpha value is -1.61. The van der Waals surface area contributed by atoms with Crippen LogP contribution in [0.2, 0.25) is 5.02 Å². The van der Waals surface area contributed by atoms with E-state index in [0.29, 0.717) is 30.8 Å². The van der Waals surface area contributed by atoms with Crippen LogP contribution in [0.1, 0.15) is 10.4 Å². The molecule has 0 aromatic heterocycles. The topological polar surface area (TPSA) is 75.7 Å². The van der Waals surface area contributed by atoms with Gasteiger partial charge in [-0.25, -0.2) is 8.42 Å². The van der Waals surface area contributed by atoms with Gasteiger partial charge in [0, 0.05) is 17.6 Å². The zero-order chi connectivity index (χ0) is 18.7. The highest BCUT2D eigenvalue weighted by Gasteiger charge is 2.24. The molecular formula is C17H16BrClN2O4S. The van der Waals surface area contributed by atoms with Crippen LogP contribution in [0, 0.1) is 0 Å². The molecule has 2 aromatic carbocycles. The van der Waals surface area contributed by atoms with Crippen molar-refractivity contribution in [2.24, 2.45) is 0 Å². The molecule has 26 heavy (non-hydrogen) atoms. The third-order valence-electron chi connectivity index (χ3n) is 3.88. The molecule has 9 heteroatoms. The summed E-state index contributed by atoms with van der Waals surface area (Å²) in [7, 11) is -3.95. The van der Waals surface area contributed by atoms with Gasteiger partial charge in [-0.1, -0.05) is 39.7 Å². The van der Waals surface area contributed by atoms with Crippen LogP contribution in [-0.2, 0) is 14.8 Å². The zero-order valence-corrected chi connectivity index (χ0v) is 16.8. The van der Waals surface area contributed by atoms with E-state index in [1.54, 1.807) is 35.2 Å². The van der Waals surface area contributed by atoms with Gasteiger partial charge in [-0.05, 0) is 30.3 Å². The summed E-state index contributed by atoms with van der Waals surface area (Å²) in [6.45, 7) is 1.87. The van der Waals surface area contributed by atoms with Crippen molar-refractivity contribution in [3.05, 3.63) is 57.5 Å². The number of para-hydroxylation sites is 1. The minimum absolute atomic E-state index is 0.0593. The number of hydrogen-bond acceptors (Lipinski definition) is 4. The van der Waals surface area contributed by atoms with Crippen LogP contribution >= 0.6 is 27.5 Å². The molecule has 0 radical (unpaired) electrons. The molecular weight excluding hydrogens is 444 g/mol. The third kappa shape index (κ3) is 4.20. The van der Waals surface area contributed by atoms with Crippen molar-refractivity contribution >= 4 is 49.1 Å². The summed E-state index contributed by atoms with van der Waals surface area (Å²) in [5.41, 5.74) is 0.495. The van der Waals surface area contributed by atoms with Gasteiger partial charge >= 0.3 is 0 Å².